The van der Waals surface area contributed by atoms with Crippen LogP contribution in [0.3, 0.4) is 0 Å². The van der Waals surface area contributed by atoms with Crippen LogP contribution in [0.25, 0.3) is 0 Å². The summed E-state index contributed by atoms with van der Waals surface area (Å²) in [4.78, 5) is 0. The van der Waals surface area contributed by atoms with Gasteiger partial charge in [-0.3, -0.25) is 0 Å². The van der Waals surface area contributed by atoms with E-state index in [1.54, 1.807) is 0 Å². The molecule has 0 radical (unpaired) electrons. The molecule has 2 N–H and O–H groups in total. The van der Waals surface area contributed by atoms with Gasteiger partial charge in [-0.05, 0) is 30.0 Å². The monoisotopic (exact) mass is 166 g/mol. The summed E-state index contributed by atoms with van der Waals surface area (Å²) in [6, 6.07) is 3.27. The second-order valence-corrected chi connectivity index (χ2v) is 2.82. The summed E-state index contributed by atoms with van der Waals surface area (Å²) in [5.74, 6) is 0.374. The molecular weight excluding hydrogens is 152 g/mol. The third-order valence-electron chi connectivity index (χ3n) is 2.04. The van der Waals surface area contributed by atoms with Gasteiger partial charge in [-0.2, -0.15) is 0 Å². The largest absolute Gasteiger partial charge is 0.508 e. The van der Waals surface area contributed by atoms with Crippen molar-refractivity contribution in [1.82, 2.24) is 0 Å². The zero-order valence-corrected chi connectivity index (χ0v) is 7.46. The summed E-state index contributed by atoms with van der Waals surface area (Å²) >= 11 is 0. The first kappa shape index (κ1) is 8.91. The zero-order chi connectivity index (χ0) is 9.14. The van der Waals surface area contributed by atoms with Crippen LogP contribution in [0.5, 0.6) is 11.5 Å². The number of phenols is 2. The molecule has 0 aliphatic rings. The molecule has 0 saturated heterocycles. The molecule has 66 valence electrons. The third kappa shape index (κ3) is 1.52. The SMILES string of the molecule is CCc1cc(CC)c(O)cc1O. The van der Waals surface area contributed by atoms with Crippen molar-refractivity contribution in [2.24, 2.45) is 0 Å². The average Bonchev–Trinajstić information content (AvgIpc) is 2.05. The molecule has 1 rings (SSSR count). The summed E-state index contributed by atoms with van der Waals surface area (Å²) in [6.45, 7) is 3.96. The fraction of sp³-hybridized carbons (Fsp3) is 0.400. The van der Waals surface area contributed by atoms with Crippen molar-refractivity contribution in [3.05, 3.63) is 23.3 Å². The van der Waals surface area contributed by atoms with Gasteiger partial charge in [0.05, 0.1) is 0 Å². The first-order valence-electron chi connectivity index (χ1n) is 4.22. The molecule has 0 aromatic heterocycles. The first-order valence-corrected chi connectivity index (χ1v) is 4.22. The molecule has 0 bridgehead atoms. The Balaban J connectivity index is 3.18. The van der Waals surface area contributed by atoms with E-state index in [9.17, 15) is 10.2 Å². The molecular formula is C10H14O2. The lowest BCUT2D eigenvalue weighted by molar-refractivity contribution is 0.442. The van der Waals surface area contributed by atoms with Gasteiger partial charge in [-0.15, -0.1) is 0 Å². The highest BCUT2D eigenvalue weighted by molar-refractivity contribution is 5.45. The standard InChI is InChI=1S/C10H14O2/c1-3-7-5-8(4-2)10(12)6-9(7)11/h5-6,11-12H,3-4H2,1-2H3. The van der Waals surface area contributed by atoms with Crippen LogP contribution in [-0.4, -0.2) is 10.2 Å². The maximum absolute atomic E-state index is 9.35. The smallest absolute Gasteiger partial charge is 0.122 e. The van der Waals surface area contributed by atoms with Crippen molar-refractivity contribution >= 4 is 0 Å². The van der Waals surface area contributed by atoms with Crippen molar-refractivity contribution in [2.75, 3.05) is 0 Å². The van der Waals surface area contributed by atoms with Gasteiger partial charge >= 0.3 is 0 Å². The van der Waals surface area contributed by atoms with E-state index >= 15 is 0 Å². The van der Waals surface area contributed by atoms with Gasteiger partial charge in [0.15, 0.2) is 0 Å². The van der Waals surface area contributed by atoms with Gasteiger partial charge in [0.1, 0.15) is 11.5 Å². The molecule has 0 aliphatic heterocycles. The van der Waals surface area contributed by atoms with Crippen LogP contribution in [0, 0.1) is 0 Å². The van der Waals surface area contributed by atoms with Crippen LogP contribution >= 0.6 is 0 Å². The van der Waals surface area contributed by atoms with E-state index in [1.165, 1.54) is 6.07 Å². The molecule has 2 heteroatoms. The summed E-state index contributed by atoms with van der Waals surface area (Å²) < 4.78 is 0. The predicted octanol–water partition coefficient (Wildman–Crippen LogP) is 2.22. The van der Waals surface area contributed by atoms with E-state index in [0.717, 1.165) is 24.0 Å². The van der Waals surface area contributed by atoms with Crippen molar-refractivity contribution in [3.8, 4) is 11.5 Å². The van der Waals surface area contributed by atoms with Crippen molar-refractivity contribution < 1.29 is 10.2 Å². The van der Waals surface area contributed by atoms with Gasteiger partial charge in [0.25, 0.3) is 0 Å². The highest BCUT2D eigenvalue weighted by Gasteiger charge is 2.04. The fourth-order valence-corrected chi connectivity index (χ4v) is 1.24. The maximum atomic E-state index is 9.35. The molecule has 1 aromatic carbocycles. The molecule has 0 amide bonds. The van der Waals surface area contributed by atoms with Gasteiger partial charge in [0, 0.05) is 6.07 Å². The minimum absolute atomic E-state index is 0.187. The molecule has 0 saturated carbocycles. The lowest BCUT2D eigenvalue weighted by atomic mass is 10.0. The maximum Gasteiger partial charge on any atom is 0.122 e. The average molecular weight is 166 g/mol. The number of aryl methyl sites for hydroxylation is 2. The summed E-state index contributed by atoms with van der Waals surface area (Å²) in [5.41, 5.74) is 1.79. The van der Waals surface area contributed by atoms with Crippen LogP contribution < -0.4 is 0 Å². The van der Waals surface area contributed by atoms with Gasteiger partial charge in [-0.1, -0.05) is 13.8 Å². The molecule has 0 aliphatic carbocycles. The fourth-order valence-electron chi connectivity index (χ4n) is 1.24. The summed E-state index contributed by atoms with van der Waals surface area (Å²) in [6.07, 6.45) is 1.58. The Bertz CT molecular complexity index is 254. The van der Waals surface area contributed by atoms with Crippen LogP contribution in [0.2, 0.25) is 0 Å². The quantitative estimate of drug-likeness (QED) is 0.707. The van der Waals surface area contributed by atoms with Gasteiger partial charge < -0.3 is 10.2 Å². The molecule has 0 fully saturated rings. The van der Waals surface area contributed by atoms with Gasteiger partial charge in [0.2, 0.25) is 0 Å². The zero-order valence-electron chi connectivity index (χ0n) is 7.46. The molecule has 0 unspecified atom stereocenters. The number of rotatable bonds is 2. The summed E-state index contributed by atoms with van der Waals surface area (Å²) in [5, 5.41) is 18.7. The van der Waals surface area contributed by atoms with E-state index in [-0.39, 0.29) is 11.5 Å². The number of benzene rings is 1. The molecule has 0 atom stereocenters. The molecule has 1 aromatic rings. The van der Waals surface area contributed by atoms with Crippen molar-refractivity contribution in [1.29, 1.82) is 0 Å². The predicted molar refractivity (Wildman–Crippen MR) is 48.5 cm³/mol. The molecule has 12 heavy (non-hydrogen) atoms. The second-order valence-electron chi connectivity index (χ2n) is 2.82. The number of phenolic OH excluding ortho intramolecular Hbond substituents is 2. The van der Waals surface area contributed by atoms with Gasteiger partial charge in [-0.25, -0.2) is 0 Å². The summed E-state index contributed by atoms with van der Waals surface area (Å²) in [7, 11) is 0. The Hall–Kier alpha value is -1.18. The topological polar surface area (TPSA) is 40.5 Å². The van der Waals surface area contributed by atoms with Crippen LogP contribution in [0.15, 0.2) is 12.1 Å². The van der Waals surface area contributed by atoms with Crippen molar-refractivity contribution in [3.63, 3.8) is 0 Å². The highest BCUT2D eigenvalue weighted by Crippen LogP contribution is 2.27. The van der Waals surface area contributed by atoms with Crippen LogP contribution in [0.4, 0.5) is 0 Å². The van der Waals surface area contributed by atoms with E-state index < -0.39 is 0 Å². The normalized spacial score (nSPS) is 10.2. The van der Waals surface area contributed by atoms with Crippen molar-refractivity contribution in [2.45, 2.75) is 26.7 Å². The minimum Gasteiger partial charge on any atom is -0.508 e. The lowest BCUT2D eigenvalue weighted by Gasteiger charge is -2.06. The Morgan fingerprint density at radius 3 is 1.67 bits per heavy atom. The molecule has 2 nitrogen and oxygen atoms in total. The third-order valence-corrected chi connectivity index (χ3v) is 2.04. The Morgan fingerprint density at radius 2 is 1.33 bits per heavy atom. The molecule has 0 spiro atoms. The number of hydrogen-bond acceptors (Lipinski definition) is 2. The molecule has 0 heterocycles. The minimum atomic E-state index is 0.187. The Labute approximate surface area is 72.5 Å². The van der Waals surface area contributed by atoms with Crippen LogP contribution in [0.1, 0.15) is 25.0 Å². The number of hydrogen-bond donors (Lipinski definition) is 2. The van der Waals surface area contributed by atoms with E-state index in [1.807, 2.05) is 19.9 Å². The lowest BCUT2D eigenvalue weighted by Crippen LogP contribution is -1.87. The highest BCUT2D eigenvalue weighted by atomic mass is 16.3. The Kier molecular flexibility index (Phi) is 2.58. The number of aromatic hydroxyl groups is 2. The van der Waals surface area contributed by atoms with E-state index in [4.69, 9.17) is 0 Å². The Morgan fingerprint density at radius 1 is 0.917 bits per heavy atom. The van der Waals surface area contributed by atoms with Crippen LogP contribution in [-0.2, 0) is 12.8 Å². The first-order chi connectivity index (χ1) is 5.69. The van der Waals surface area contributed by atoms with E-state index in [2.05, 4.69) is 0 Å². The second kappa shape index (κ2) is 3.48. The van der Waals surface area contributed by atoms with E-state index in [0.29, 0.717) is 0 Å².